The predicted molar refractivity (Wildman–Crippen MR) is 94.4 cm³/mol. The van der Waals surface area contributed by atoms with Crippen molar-refractivity contribution in [1.29, 1.82) is 0 Å². The monoisotopic (exact) mass is 343 g/mol. The molecule has 1 aromatic carbocycles. The summed E-state index contributed by atoms with van der Waals surface area (Å²) in [7, 11) is 0. The molecule has 126 valence electrons. The van der Waals surface area contributed by atoms with Crippen molar-refractivity contribution in [2.45, 2.75) is 31.4 Å². The molecular weight excluding hydrogens is 322 g/mol. The fourth-order valence-electron chi connectivity index (χ4n) is 3.30. The summed E-state index contributed by atoms with van der Waals surface area (Å²) in [6.45, 7) is 2.29. The Morgan fingerprint density at radius 1 is 1.29 bits per heavy atom. The molecule has 5 nitrogen and oxygen atoms in total. The molecule has 4 rings (SSSR count). The second kappa shape index (κ2) is 6.91. The summed E-state index contributed by atoms with van der Waals surface area (Å²) in [6.07, 6.45) is 3.13. The number of hydrogen-bond acceptors (Lipinski definition) is 5. The number of thiazole rings is 1. The van der Waals surface area contributed by atoms with Crippen LogP contribution in [0.4, 0.5) is 5.69 Å². The molecule has 2 atom stereocenters. The number of aromatic nitrogens is 1. The van der Waals surface area contributed by atoms with Gasteiger partial charge in [0.15, 0.2) is 0 Å². The van der Waals surface area contributed by atoms with Crippen LogP contribution in [0.2, 0.25) is 0 Å². The molecule has 0 spiro atoms. The number of amides is 1. The summed E-state index contributed by atoms with van der Waals surface area (Å²) in [4.78, 5) is 19.1. The number of anilines is 1. The minimum Gasteiger partial charge on any atom is -0.380 e. The summed E-state index contributed by atoms with van der Waals surface area (Å²) in [5, 5.41) is 6.31. The third kappa shape index (κ3) is 3.30. The zero-order chi connectivity index (χ0) is 16.4. The first kappa shape index (κ1) is 15.6. The highest BCUT2D eigenvalue weighted by atomic mass is 32.1. The Bertz CT molecular complexity index is 697. The molecule has 1 amide bonds. The van der Waals surface area contributed by atoms with Crippen molar-refractivity contribution in [3.63, 3.8) is 0 Å². The summed E-state index contributed by atoms with van der Waals surface area (Å²) < 4.78 is 5.65. The Morgan fingerprint density at radius 3 is 2.96 bits per heavy atom. The summed E-state index contributed by atoms with van der Waals surface area (Å²) in [5.74, 6) is 0.0351. The van der Waals surface area contributed by atoms with Gasteiger partial charge < -0.3 is 15.0 Å². The Kier molecular flexibility index (Phi) is 4.49. The molecule has 0 saturated carbocycles. The van der Waals surface area contributed by atoms with Crippen LogP contribution in [0.15, 0.2) is 35.7 Å². The molecule has 0 bridgehead atoms. The van der Waals surface area contributed by atoms with E-state index in [-0.39, 0.29) is 12.0 Å². The number of hydrogen-bond donors (Lipinski definition) is 1. The molecule has 3 heterocycles. The van der Waals surface area contributed by atoms with Crippen molar-refractivity contribution in [3.05, 3.63) is 46.4 Å². The molecule has 2 fully saturated rings. The smallest absolute Gasteiger partial charge is 0.273 e. The van der Waals surface area contributed by atoms with Gasteiger partial charge in [-0.25, -0.2) is 4.98 Å². The Balaban J connectivity index is 1.37. The number of likely N-dealkylation sites (tertiary alicyclic amines) is 1. The van der Waals surface area contributed by atoms with Gasteiger partial charge in [-0.2, -0.15) is 0 Å². The van der Waals surface area contributed by atoms with Crippen LogP contribution in [0.25, 0.3) is 0 Å². The second-order valence-corrected chi connectivity index (χ2v) is 7.21. The zero-order valence-electron chi connectivity index (χ0n) is 13.5. The van der Waals surface area contributed by atoms with E-state index in [4.69, 9.17) is 4.74 Å². The van der Waals surface area contributed by atoms with Gasteiger partial charge in [-0.3, -0.25) is 4.79 Å². The maximum absolute atomic E-state index is 12.7. The van der Waals surface area contributed by atoms with Crippen LogP contribution in [0.1, 0.15) is 40.9 Å². The van der Waals surface area contributed by atoms with Crippen LogP contribution in [0, 0.1) is 0 Å². The van der Waals surface area contributed by atoms with Gasteiger partial charge in [-0.15, -0.1) is 11.3 Å². The van der Waals surface area contributed by atoms with E-state index in [1.165, 1.54) is 11.3 Å². The van der Waals surface area contributed by atoms with Crippen LogP contribution in [0.3, 0.4) is 0 Å². The molecule has 2 unspecified atom stereocenters. The summed E-state index contributed by atoms with van der Waals surface area (Å²) in [5.41, 5.74) is 1.66. The van der Waals surface area contributed by atoms with E-state index >= 15 is 0 Å². The molecule has 0 aliphatic carbocycles. The van der Waals surface area contributed by atoms with Crippen LogP contribution in [-0.4, -0.2) is 41.5 Å². The van der Waals surface area contributed by atoms with E-state index in [0.717, 1.165) is 49.7 Å². The number of carbonyl (C=O) groups is 1. The fourth-order valence-corrected chi connectivity index (χ4v) is 4.18. The minimum absolute atomic E-state index is 0.0351. The third-order valence-electron chi connectivity index (χ3n) is 4.57. The lowest BCUT2D eigenvalue weighted by molar-refractivity contribution is 0.0784. The van der Waals surface area contributed by atoms with E-state index in [1.807, 2.05) is 28.5 Å². The topological polar surface area (TPSA) is 54.5 Å². The molecule has 2 saturated heterocycles. The molecule has 2 aliphatic rings. The number of rotatable bonds is 4. The number of ether oxygens (including phenoxy) is 1. The maximum Gasteiger partial charge on any atom is 0.273 e. The van der Waals surface area contributed by atoms with Crippen molar-refractivity contribution < 1.29 is 9.53 Å². The average molecular weight is 343 g/mol. The van der Waals surface area contributed by atoms with E-state index in [0.29, 0.717) is 11.7 Å². The first-order chi connectivity index (χ1) is 11.8. The van der Waals surface area contributed by atoms with Crippen LogP contribution >= 0.6 is 11.3 Å². The number of benzene rings is 1. The zero-order valence-corrected chi connectivity index (χ0v) is 14.3. The fraction of sp³-hybridized carbons (Fsp3) is 0.444. The molecule has 2 aliphatic heterocycles. The quantitative estimate of drug-likeness (QED) is 0.925. The van der Waals surface area contributed by atoms with Gasteiger partial charge in [-0.1, -0.05) is 18.2 Å². The molecule has 2 aromatic rings. The van der Waals surface area contributed by atoms with Gasteiger partial charge in [0.05, 0.1) is 0 Å². The van der Waals surface area contributed by atoms with Gasteiger partial charge in [0.1, 0.15) is 16.8 Å². The third-order valence-corrected chi connectivity index (χ3v) is 5.50. The van der Waals surface area contributed by atoms with E-state index in [2.05, 4.69) is 22.4 Å². The second-order valence-electron chi connectivity index (χ2n) is 6.32. The predicted octanol–water partition coefficient (Wildman–Crippen LogP) is 3.32. The first-order valence-electron chi connectivity index (χ1n) is 8.47. The molecular formula is C18H21N3O2S. The summed E-state index contributed by atoms with van der Waals surface area (Å²) >= 11 is 1.54. The standard InChI is InChI=1S/C18H21N3O2S/c22-18(15-12-24-17(20-15)16-7-4-10-23-16)21-9-8-14(11-21)19-13-5-2-1-3-6-13/h1-3,5-6,12,14,16,19H,4,7-11H2. The van der Waals surface area contributed by atoms with Crippen molar-refractivity contribution in [3.8, 4) is 0 Å². The van der Waals surface area contributed by atoms with Crippen molar-refractivity contribution >= 4 is 22.9 Å². The normalized spacial score (nSPS) is 23.6. The van der Waals surface area contributed by atoms with Gasteiger partial charge in [0.25, 0.3) is 5.91 Å². The number of nitrogens with one attached hydrogen (secondary N) is 1. The number of para-hydroxylation sites is 1. The highest BCUT2D eigenvalue weighted by molar-refractivity contribution is 7.09. The van der Waals surface area contributed by atoms with Gasteiger partial charge in [0.2, 0.25) is 0 Å². The molecule has 0 radical (unpaired) electrons. The van der Waals surface area contributed by atoms with E-state index < -0.39 is 0 Å². The SMILES string of the molecule is O=C(c1csc(C2CCCO2)n1)N1CCC(Nc2ccccc2)C1. The Hall–Kier alpha value is -1.92. The van der Waals surface area contributed by atoms with Crippen LogP contribution in [-0.2, 0) is 4.74 Å². The maximum atomic E-state index is 12.7. The van der Waals surface area contributed by atoms with Crippen molar-refractivity contribution in [1.82, 2.24) is 9.88 Å². The van der Waals surface area contributed by atoms with Gasteiger partial charge >= 0.3 is 0 Å². The highest BCUT2D eigenvalue weighted by Gasteiger charge is 2.29. The molecule has 24 heavy (non-hydrogen) atoms. The number of nitrogens with zero attached hydrogens (tertiary/aromatic N) is 2. The number of carbonyl (C=O) groups excluding carboxylic acids is 1. The van der Waals surface area contributed by atoms with Crippen molar-refractivity contribution in [2.24, 2.45) is 0 Å². The summed E-state index contributed by atoms with van der Waals surface area (Å²) in [6, 6.07) is 10.4. The van der Waals surface area contributed by atoms with Crippen LogP contribution < -0.4 is 5.32 Å². The lowest BCUT2D eigenvalue weighted by Gasteiger charge is -2.16. The lowest BCUT2D eigenvalue weighted by Crippen LogP contribution is -2.31. The first-order valence-corrected chi connectivity index (χ1v) is 9.35. The minimum atomic E-state index is 0.0351. The van der Waals surface area contributed by atoms with Gasteiger partial charge in [-0.05, 0) is 31.4 Å². The molecule has 1 N–H and O–H groups in total. The highest BCUT2D eigenvalue weighted by Crippen LogP contribution is 2.31. The Morgan fingerprint density at radius 2 is 2.17 bits per heavy atom. The molecule has 1 aromatic heterocycles. The largest absolute Gasteiger partial charge is 0.380 e. The van der Waals surface area contributed by atoms with E-state index in [9.17, 15) is 4.79 Å². The average Bonchev–Trinajstić information content (AvgIpc) is 3.36. The van der Waals surface area contributed by atoms with Crippen molar-refractivity contribution in [2.75, 3.05) is 25.0 Å². The lowest BCUT2D eigenvalue weighted by atomic mass is 10.2. The molecule has 6 heteroatoms. The van der Waals surface area contributed by atoms with E-state index in [1.54, 1.807) is 0 Å². The van der Waals surface area contributed by atoms with Crippen LogP contribution in [0.5, 0.6) is 0 Å². The Labute approximate surface area is 145 Å². The van der Waals surface area contributed by atoms with Gasteiger partial charge in [0, 0.05) is 36.8 Å².